The Morgan fingerprint density at radius 1 is 1.33 bits per heavy atom. The molecule has 1 heterocycles. The van der Waals surface area contributed by atoms with Gasteiger partial charge in [0, 0.05) is 31.8 Å². The Kier molecular flexibility index (Phi) is 6.60. The van der Waals surface area contributed by atoms with Crippen molar-refractivity contribution in [3.63, 3.8) is 0 Å². The SMILES string of the molecule is CCNC(=O)C1CCN(C(=O)C(N)CCS(C)(=O)=O)CC1. The Morgan fingerprint density at radius 2 is 1.90 bits per heavy atom. The zero-order valence-corrected chi connectivity index (χ0v) is 13.5. The molecule has 1 unspecified atom stereocenters. The molecule has 1 aliphatic heterocycles. The zero-order valence-electron chi connectivity index (χ0n) is 12.7. The largest absolute Gasteiger partial charge is 0.356 e. The highest BCUT2D eigenvalue weighted by Gasteiger charge is 2.29. The van der Waals surface area contributed by atoms with Crippen LogP contribution in [0.5, 0.6) is 0 Å². The summed E-state index contributed by atoms with van der Waals surface area (Å²) in [5.41, 5.74) is 5.76. The summed E-state index contributed by atoms with van der Waals surface area (Å²) in [7, 11) is -3.11. The molecule has 2 amide bonds. The summed E-state index contributed by atoms with van der Waals surface area (Å²) in [5.74, 6) is -0.338. The van der Waals surface area contributed by atoms with Crippen molar-refractivity contribution in [2.24, 2.45) is 11.7 Å². The van der Waals surface area contributed by atoms with Crippen LogP contribution in [-0.2, 0) is 19.4 Å². The standard InChI is InChI=1S/C13H25N3O4S/c1-3-15-12(17)10-4-7-16(8-5-10)13(18)11(14)6-9-21(2,19)20/h10-11H,3-9,14H2,1-2H3,(H,15,17). The highest BCUT2D eigenvalue weighted by molar-refractivity contribution is 7.90. The number of carbonyl (C=O) groups excluding carboxylic acids is 2. The lowest BCUT2D eigenvalue weighted by atomic mass is 9.95. The van der Waals surface area contributed by atoms with Crippen molar-refractivity contribution in [1.29, 1.82) is 0 Å². The number of rotatable bonds is 6. The second kappa shape index (κ2) is 7.74. The number of likely N-dealkylation sites (tertiary alicyclic amines) is 1. The van der Waals surface area contributed by atoms with Crippen molar-refractivity contribution in [2.45, 2.75) is 32.2 Å². The second-order valence-electron chi connectivity index (χ2n) is 5.52. The lowest BCUT2D eigenvalue weighted by molar-refractivity contribution is -0.136. The number of sulfone groups is 1. The van der Waals surface area contributed by atoms with Crippen LogP contribution in [0, 0.1) is 5.92 Å². The van der Waals surface area contributed by atoms with E-state index in [4.69, 9.17) is 5.73 Å². The van der Waals surface area contributed by atoms with Crippen molar-refractivity contribution < 1.29 is 18.0 Å². The smallest absolute Gasteiger partial charge is 0.239 e. The molecule has 0 radical (unpaired) electrons. The van der Waals surface area contributed by atoms with Gasteiger partial charge in [-0.2, -0.15) is 0 Å². The van der Waals surface area contributed by atoms with Gasteiger partial charge in [0.15, 0.2) is 0 Å². The first-order valence-corrected chi connectivity index (χ1v) is 9.30. The monoisotopic (exact) mass is 319 g/mol. The topological polar surface area (TPSA) is 110 Å². The van der Waals surface area contributed by atoms with E-state index in [0.29, 0.717) is 32.5 Å². The van der Waals surface area contributed by atoms with E-state index in [1.54, 1.807) is 4.90 Å². The molecule has 3 N–H and O–H groups in total. The van der Waals surface area contributed by atoms with E-state index >= 15 is 0 Å². The van der Waals surface area contributed by atoms with E-state index in [-0.39, 0.29) is 29.9 Å². The van der Waals surface area contributed by atoms with Crippen LogP contribution >= 0.6 is 0 Å². The molecule has 1 saturated heterocycles. The average Bonchev–Trinajstić information content (AvgIpc) is 2.43. The first-order chi connectivity index (χ1) is 9.74. The average molecular weight is 319 g/mol. The van der Waals surface area contributed by atoms with E-state index < -0.39 is 15.9 Å². The molecule has 8 heteroatoms. The third-order valence-electron chi connectivity index (χ3n) is 3.65. The van der Waals surface area contributed by atoms with Gasteiger partial charge in [0.1, 0.15) is 9.84 Å². The van der Waals surface area contributed by atoms with Crippen molar-refractivity contribution >= 4 is 21.7 Å². The molecule has 7 nitrogen and oxygen atoms in total. The molecule has 0 aromatic rings. The van der Waals surface area contributed by atoms with Crippen molar-refractivity contribution in [2.75, 3.05) is 31.6 Å². The Balaban J connectivity index is 2.42. The highest BCUT2D eigenvalue weighted by atomic mass is 32.2. The van der Waals surface area contributed by atoms with Gasteiger partial charge in [-0.25, -0.2) is 8.42 Å². The van der Waals surface area contributed by atoms with Crippen LogP contribution in [0.15, 0.2) is 0 Å². The van der Waals surface area contributed by atoms with Crippen LogP contribution in [0.2, 0.25) is 0 Å². The van der Waals surface area contributed by atoms with Crippen molar-refractivity contribution in [3.8, 4) is 0 Å². The second-order valence-corrected chi connectivity index (χ2v) is 7.78. The first kappa shape index (κ1) is 17.9. The van der Waals surface area contributed by atoms with Gasteiger partial charge < -0.3 is 16.0 Å². The number of carbonyl (C=O) groups is 2. The molecular weight excluding hydrogens is 294 g/mol. The third kappa shape index (κ3) is 6.01. The third-order valence-corrected chi connectivity index (χ3v) is 4.62. The Labute approximate surface area is 126 Å². The first-order valence-electron chi connectivity index (χ1n) is 7.24. The Hall–Kier alpha value is -1.15. The maximum absolute atomic E-state index is 12.1. The molecular formula is C13H25N3O4S. The van der Waals surface area contributed by atoms with Gasteiger partial charge in [-0.3, -0.25) is 9.59 Å². The van der Waals surface area contributed by atoms with Crippen LogP contribution in [0.3, 0.4) is 0 Å². The molecule has 21 heavy (non-hydrogen) atoms. The summed E-state index contributed by atoms with van der Waals surface area (Å²) in [4.78, 5) is 25.5. The summed E-state index contributed by atoms with van der Waals surface area (Å²) in [6.07, 6.45) is 2.50. The zero-order chi connectivity index (χ0) is 16.0. The number of nitrogens with two attached hydrogens (primary N) is 1. The minimum Gasteiger partial charge on any atom is -0.356 e. The molecule has 0 aromatic heterocycles. The van der Waals surface area contributed by atoms with E-state index in [1.807, 2.05) is 6.92 Å². The minimum absolute atomic E-state index is 0.0333. The maximum Gasteiger partial charge on any atom is 0.239 e. The van der Waals surface area contributed by atoms with Crippen LogP contribution in [0.25, 0.3) is 0 Å². The number of hydrogen-bond donors (Lipinski definition) is 2. The fraction of sp³-hybridized carbons (Fsp3) is 0.846. The number of hydrogen-bond acceptors (Lipinski definition) is 5. The van der Waals surface area contributed by atoms with Gasteiger partial charge in [0.2, 0.25) is 11.8 Å². The molecule has 0 spiro atoms. The molecule has 1 aliphatic rings. The highest BCUT2D eigenvalue weighted by Crippen LogP contribution is 2.18. The van der Waals surface area contributed by atoms with Crippen molar-refractivity contribution in [1.82, 2.24) is 10.2 Å². The normalized spacial score (nSPS) is 18.3. The van der Waals surface area contributed by atoms with Crippen LogP contribution in [0.1, 0.15) is 26.2 Å². The molecule has 1 atom stereocenters. The van der Waals surface area contributed by atoms with Crippen LogP contribution < -0.4 is 11.1 Å². The van der Waals surface area contributed by atoms with Gasteiger partial charge in [-0.05, 0) is 26.2 Å². The number of nitrogens with one attached hydrogen (secondary N) is 1. The number of nitrogens with zero attached hydrogens (tertiary/aromatic N) is 1. The number of amides is 2. The van der Waals surface area contributed by atoms with Gasteiger partial charge in [0.25, 0.3) is 0 Å². The molecule has 1 fully saturated rings. The van der Waals surface area contributed by atoms with Gasteiger partial charge in [-0.1, -0.05) is 0 Å². The summed E-state index contributed by atoms with van der Waals surface area (Å²) < 4.78 is 22.2. The van der Waals surface area contributed by atoms with E-state index in [0.717, 1.165) is 6.26 Å². The van der Waals surface area contributed by atoms with E-state index in [9.17, 15) is 18.0 Å². The minimum atomic E-state index is -3.11. The quantitative estimate of drug-likeness (QED) is 0.661. The summed E-state index contributed by atoms with van der Waals surface area (Å²) in [6, 6.07) is -0.791. The van der Waals surface area contributed by atoms with Gasteiger partial charge >= 0.3 is 0 Å². The van der Waals surface area contributed by atoms with E-state index in [2.05, 4.69) is 5.32 Å². The molecule has 0 saturated carbocycles. The number of piperidine rings is 1. The molecule has 0 aromatic carbocycles. The van der Waals surface area contributed by atoms with E-state index in [1.165, 1.54) is 0 Å². The van der Waals surface area contributed by atoms with Crippen LogP contribution in [0.4, 0.5) is 0 Å². The predicted molar refractivity (Wildman–Crippen MR) is 80.3 cm³/mol. The summed E-state index contributed by atoms with van der Waals surface area (Å²) >= 11 is 0. The lowest BCUT2D eigenvalue weighted by Crippen LogP contribution is -2.49. The fourth-order valence-electron chi connectivity index (χ4n) is 2.38. The predicted octanol–water partition coefficient (Wildman–Crippen LogP) is -0.877. The summed E-state index contributed by atoms with van der Waals surface area (Å²) in [6.45, 7) is 3.46. The van der Waals surface area contributed by atoms with Crippen LogP contribution in [-0.4, -0.2) is 62.8 Å². The van der Waals surface area contributed by atoms with Crippen molar-refractivity contribution in [3.05, 3.63) is 0 Å². The maximum atomic E-state index is 12.1. The molecule has 0 aliphatic carbocycles. The fourth-order valence-corrected chi connectivity index (χ4v) is 3.06. The lowest BCUT2D eigenvalue weighted by Gasteiger charge is -2.32. The van der Waals surface area contributed by atoms with Gasteiger partial charge in [0.05, 0.1) is 11.8 Å². The molecule has 122 valence electrons. The Bertz CT molecular complexity index is 470. The molecule has 0 bridgehead atoms. The molecule has 1 rings (SSSR count). The summed E-state index contributed by atoms with van der Waals surface area (Å²) in [5, 5.41) is 2.79. The van der Waals surface area contributed by atoms with Gasteiger partial charge in [-0.15, -0.1) is 0 Å². The Morgan fingerprint density at radius 3 is 2.38 bits per heavy atom.